The van der Waals surface area contributed by atoms with Crippen LogP contribution in [0.25, 0.3) is 11.4 Å². The fourth-order valence-corrected chi connectivity index (χ4v) is 4.30. The van der Waals surface area contributed by atoms with Crippen LogP contribution in [-0.2, 0) is 21.5 Å². The molecular formula is C30H31FN6O6. The summed E-state index contributed by atoms with van der Waals surface area (Å²) in [6, 6.07) is 13.4. The van der Waals surface area contributed by atoms with Crippen molar-refractivity contribution >= 4 is 23.5 Å². The van der Waals surface area contributed by atoms with Gasteiger partial charge in [0.2, 0.25) is 17.6 Å². The van der Waals surface area contributed by atoms with Crippen LogP contribution in [0.5, 0.6) is 0 Å². The minimum atomic E-state index is -1.07. The van der Waals surface area contributed by atoms with Crippen LogP contribution in [-0.4, -0.2) is 50.7 Å². The molecule has 0 aliphatic rings. The SMILES string of the molecule is COC(=O)Nc1cnc(-c2ccccc2)n(CC(=O)NC(C(=O)c2nnc(C(C)(C)c3ccc(F)cc3)o2)C(C)C)c1=O. The molecule has 1 atom stereocenters. The standard InChI is InChI=1S/C30H31FN6O6/c1-17(2)23(24(39)26-35-36-28(43-26)30(3,4)19-11-13-20(31)14-12-19)34-22(38)16-37-25(18-9-7-6-8-10-18)32-15-21(27(37)40)33-29(41)42-5/h6-15,17,23H,16H2,1-5H3,(H,33,41)(H,34,38). The second-order valence-corrected chi connectivity index (χ2v) is 10.6. The van der Waals surface area contributed by atoms with Crippen LogP contribution in [0.3, 0.4) is 0 Å². The van der Waals surface area contributed by atoms with Gasteiger partial charge in [0.15, 0.2) is 0 Å². The predicted octanol–water partition coefficient (Wildman–Crippen LogP) is 3.96. The quantitative estimate of drug-likeness (QED) is 0.261. The van der Waals surface area contributed by atoms with Gasteiger partial charge in [-0.2, -0.15) is 0 Å². The van der Waals surface area contributed by atoms with Crippen molar-refractivity contribution in [2.75, 3.05) is 12.4 Å². The van der Waals surface area contributed by atoms with E-state index in [1.165, 1.54) is 18.3 Å². The van der Waals surface area contributed by atoms with Gasteiger partial charge in [-0.15, -0.1) is 10.2 Å². The van der Waals surface area contributed by atoms with E-state index in [4.69, 9.17) is 4.42 Å². The van der Waals surface area contributed by atoms with Gasteiger partial charge < -0.3 is 14.5 Å². The highest BCUT2D eigenvalue weighted by molar-refractivity contribution is 5.98. The number of amides is 2. The van der Waals surface area contributed by atoms with E-state index in [9.17, 15) is 23.6 Å². The molecule has 4 rings (SSSR count). The van der Waals surface area contributed by atoms with Crippen LogP contribution in [0.4, 0.5) is 14.9 Å². The van der Waals surface area contributed by atoms with Crippen molar-refractivity contribution in [3.8, 4) is 11.4 Å². The molecule has 0 saturated carbocycles. The number of ether oxygens (including phenoxy) is 1. The number of anilines is 1. The number of aromatic nitrogens is 4. The molecule has 12 nitrogen and oxygen atoms in total. The molecule has 2 aromatic heterocycles. The molecule has 43 heavy (non-hydrogen) atoms. The lowest BCUT2D eigenvalue weighted by molar-refractivity contribution is -0.122. The lowest BCUT2D eigenvalue weighted by Gasteiger charge is -2.21. The first-order valence-corrected chi connectivity index (χ1v) is 13.4. The van der Waals surface area contributed by atoms with Gasteiger partial charge in [0.25, 0.3) is 11.4 Å². The van der Waals surface area contributed by atoms with Crippen molar-refractivity contribution in [1.82, 2.24) is 25.1 Å². The van der Waals surface area contributed by atoms with Crippen LogP contribution in [0.1, 0.15) is 49.8 Å². The van der Waals surface area contributed by atoms with Crippen LogP contribution in [0.15, 0.2) is 70.0 Å². The largest absolute Gasteiger partial charge is 0.453 e. The summed E-state index contributed by atoms with van der Waals surface area (Å²) in [4.78, 5) is 56.1. The number of carbonyl (C=O) groups excluding carboxylic acids is 3. The highest BCUT2D eigenvalue weighted by Gasteiger charge is 2.34. The number of carbonyl (C=O) groups is 3. The zero-order valence-electron chi connectivity index (χ0n) is 24.3. The number of nitrogens with one attached hydrogen (secondary N) is 2. The molecule has 0 spiro atoms. The minimum absolute atomic E-state index is 0.136. The van der Waals surface area contributed by atoms with Gasteiger partial charge in [0.05, 0.1) is 24.8 Å². The Hall–Kier alpha value is -5.20. The summed E-state index contributed by atoms with van der Waals surface area (Å²) in [6.45, 7) is 6.53. The van der Waals surface area contributed by atoms with Gasteiger partial charge in [-0.05, 0) is 37.5 Å². The van der Waals surface area contributed by atoms with E-state index in [1.54, 1.807) is 70.2 Å². The lowest BCUT2D eigenvalue weighted by atomic mass is 9.84. The molecule has 0 bridgehead atoms. The minimum Gasteiger partial charge on any atom is -0.453 e. The molecule has 2 amide bonds. The number of hydrogen-bond acceptors (Lipinski definition) is 9. The smallest absolute Gasteiger partial charge is 0.411 e. The maximum absolute atomic E-state index is 13.5. The van der Waals surface area contributed by atoms with Crippen molar-refractivity contribution in [2.45, 2.75) is 45.7 Å². The van der Waals surface area contributed by atoms with Gasteiger partial charge in [-0.25, -0.2) is 14.2 Å². The topological polar surface area (TPSA) is 158 Å². The van der Waals surface area contributed by atoms with Gasteiger partial charge in [0.1, 0.15) is 23.9 Å². The average Bonchev–Trinajstić information content (AvgIpc) is 3.50. The van der Waals surface area contributed by atoms with E-state index in [0.29, 0.717) is 11.1 Å². The summed E-state index contributed by atoms with van der Waals surface area (Å²) >= 11 is 0. The Morgan fingerprint density at radius 2 is 1.72 bits per heavy atom. The molecule has 2 heterocycles. The van der Waals surface area contributed by atoms with Crippen molar-refractivity contribution in [3.63, 3.8) is 0 Å². The Bertz CT molecular complexity index is 1680. The van der Waals surface area contributed by atoms with Crippen LogP contribution in [0.2, 0.25) is 0 Å². The van der Waals surface area contributed by atoms with Crippen LogP contribution < -0.4 is 16.2 Å². The molecule has 2 aromatic carbocycles. The molecule has 4 aromatic rings. The Balaban J connectivity index is 1.59. The molecule has 0 saturated heterocycles. The fraction of sp³-hybridized carbons (Fsp3) is 0.300. The van der Waals surface area contributed by atoms with E-state index in [2.05, 4.69) is 30.6 Å². The first-order valence-electron chi connectivity index (χ1n) is 13.4. The summed E-state index contributed by atoms with van der Waals surface area (Å²) in [7, 11) is 1.15. The monoisotopic (exact) mass is 590 g/mol. The third-order valence-corrected chi connectivity index (χ3v) is 6.80. The van der Waals surface area contributed by atoms with E-state index in [1.807, 2.05) is 0 Å². The summed E-state index contributed by atoms with van der Waals surface area (Å²) in [6.07, 6.45) is 0.297. The molecule has 0 fully saturated rings. The lowest BCUT2D eigenvalue weighted by Crippen LogP contribution is -2.46. The normalized spacial score (nSPS) is 12.1. The zero-order chi connectivity index (χ0) is 31.3. The average molecular weight is 591 g/mol. The number of halogens is 1. The van der Waals surface area contributed by atoms with Gasteiger partial charge in [-0.3, -0.25) is 24.3 Å². The number of rotatable bonds is 10. The molecular weight excluding hydrogens is 559 g/mol. The predicted molar refractivity (Wildman–Crippen MR) is 154 cm³/mol. The van der Waals surface area contributed by atoms with Gasteiger partial charge >= 0.3 is 6.09 Å². The second kappa shape index (κ2) is 12.8. The third-order valence-electron chi connectivity index (χ3n) is 6.80. The van der Waals surface area contributed by atoms with E-state index >= 15 is 0 Å². The molecule has 13 heteroatoms. The highest BCUT2D eigenvalue weighted by atomic mass is 19.1. The summed E-state index contributed by atoms with van der Waals surface area (Å²) in [5, 5.41) is 12.9. The molecule has 0 aliphatic heterocycles. The number of hydrogen-bond donors (Lipinski definition) is 2. The maximum Gasteiger partial charge on any atom is 0.411 e. The van der Waals surface area contributed by atoms with E-state index in [-0.39, 0.29) is 23.3 Å². The van der Waals surface area contributed by atoms with Crippen LogP contribution >= 0.6 is 0 Å². The molecule has 2 N–H and O–H groups in total. The number of Topliss-reactive ketones (excluding diaryl/α,β-unsaturated/α-hetero) is 1. The Kier molecular flexibility index (Phi) is 9.12. The van der Waals surface area contributed by atoms with Crippen molar-refractivity contribution in [1.29, 1.82) is 0 Å². The first-order chi connectivity index (χ1) is 20.4. The summed E-state index contributed by atoms with van der Waals surface area (Å²) in [5.74, 6) is -2.08. The Labute approximate surface area is 246 Å². The first kappa shape index (κ1) is 30.8. The number of benzene rings is 2. The van der Waals surface area contributed by atoms with Crippen molar-refractivity contribution in [2.24, 2.45) is 5.92 Å². The van der Waals surface area contributed by atoms with E-state index in [0.717, 1.165) is 11.7 Å². The Morgan fingerprint density at radius 1 is 1.05 bits per heavy atom. The van der Waals surface area contributed by atoms with Gasteiger partial charge in [-0.1, -0.05) is 56.3 Å². The molecule has 0 radical (unpaired) electrons. The number of nitrogens with zero attached hydrogens (tertiary/aromatic N) is 4. The second-order valence-electron chi connectivity index (χ2n) is 10.6. The third kappa shape index (κ3) is 6.83. The summed E-state index contributed by atoms with van der Waals surface area (Å²) in [5.41, 5.74) is -0.483. The Morgan fingerprint density at radius 3 is 2.35 bits per heavy atom. The van der Waals surface area contributed by atoms with Crippen molar-refractivity contribution < 1.29 is 27.9 Å². The number of ketones is 1. The fourth-order valence-electron chi connectivity index (χ4n) is 4.30. The maximum atomic E-state index is 13.5. The molecule has 1 unspecified atom stereocenters. The van der Waals surface area contributed by atoms with Gasteiger partial charge in [0, 0.05) is 5.56 Å². The van der Waals surface area contributed by atoms with Crippen LogP contribution in [0, 0.1) is 11.7 Å². The highest BCUT2D eigenvalue weighted by Crippen LogP contribution is 2.31. The molecule has 224 valence electrons. The van der Waals surface area contributed by atoms with Crippen molar-refractivity contribution in [3.05, 3.63) is 94.3 Å². The summed E-state index contributed by atoms with van der Waals surface area (Å²) < 4.78 is 24.8. The molecule has 0 aliphatic carbocycles. The van der Waals surface area contributed by atoms with E-state index < -0.39 is 53.1 Å². The number of methoxy groups -OCH3 is 1. The zero-order valence-corrected chi connectivity index (χ0v) is 24.3.